The molecule has 1 aromatic rings. The molecular weight excluding hydrogens is 303 g/mol. The molecule has 0 unspecified atom stereocenters. The summed E-state index contributed by atoms with van der Waals surface area (Å²) in [6, 6.07) is 3.32. The SMILES string of the molecule is CN1C(=S)N(c2ccc(N)c(C(F)(F)F)c2)C(=O)C1(C)C. The number of nitrogens with two attached hydrogens (primary N) is 1. The monoisotopic (exact) mass is 317 g/mol. The third kappa shape index (κ3) is 2.33. The van der Waals surface area contributed by atoms with Gasteiger partial charge in [-0.1, -0.05) is 0 Å². The van der Waals surface area contributed by atoms with Gasteiger partial charge in [0.15, 0.2) is 5.11 Å². The lowest BCUT2D eigenvalue weighted by atomic mass is 10.0. The molecule has 2 rings (SSSR count). The maximum Gasteiger partial charge on any atom is 0.418 e. The normalized spacial score (nSPS) is 18.6. The van der Waals surface area contributed by atoms with Gasteiger partial charge in [-0.2, -0.15) is 13.2 Å². The summed E-state index contributed by atoms with van der Waals surface area (Å²) in [5, 5.41) is 0.155. The van der Waals surface area contributed by atoms with Crippen LogP contribution in [0.4, 0.5) is 24.5 Å². The number of carbonyl (C=O) groups excluding carboxylic acids is 1. The number of hydrogen-bond donors (Lipinski definition) is 1. The maximum atomic E-state index is 12.9. The highest BCUT2D eigenvalue weighted by atomic mass is 32.1. The first-order valence-electron chi connectivity index (χ1n) is 6.07. The van der Waals surface area contributed by atoms with E-state index in [1.807, 2.05) is 0 Å². The van der Waals surface area contributed by atoms with Gasteiger partial charge >= 0.3 is 6.18 Å². The Labute approximate surface area is 125 Å². The Morgan fingerprint density at radius 3 is 2.29 bits per heavy atom. The first kappa shape index (κ1) is 15.6. The van der Waals surface area contributed by atoms with E-state index in [9.17, 15) is 18.0 Å². The van der Waals surface area contributed by atoms with Gasteiger partial charge in [-0.15, -0.1) is 0 Å². The van der Waals surface area contributed by atoms with Gasteiger partial charge in [-0.3, -0.25) is 9.69 Å². The van der Waals surface area contributed by atoms with Crippen molar-refractivity contribution in [3.8, 4) is 0 Å². The zero-order valence-corrected chi connectivity index (χ0v) is 12.5. The lowest BCUT2D eigenvalue weighted by Crippen LogP contribution is -2.41. The van der Waals surface area contributed by atoms with E-state index in [-0.39, 0.29) is 16.7 Å². The average Bonchev–Trinajstić information content (AvgIpc) is 2.51. The molecule has 1 heterocycles. The molecular formula is C13H14F3N3OS. The molecule has 4 nitrogen and oxygen atoms in total. The third-order valence-corrected chi connectivity index (χ3v) is 4.10. The number of thiocarbonyl (C=S) groups is 1. The van der Waals surface area contributed by atoms with E-state index in [0.29, 0.717) is 0 Å². The minimum Gasteiger partial charge on any atom is -0.398 e. The van der Waals surface area contributed by atoms with Crippen molar-refractivity contribution in [2.24, 2.45) is 0 Å². The molecule has 1 aliphatic rings. The van der Waals surface area contributed by atoms with Crippen LogP contribution in [0.1, 0.15) is 19.4 Å². The summed E-state index contributed by atoms with van der Waals surface area (Å²) >= 11 is 5.16. The lowest BCUT2D eigenvalue weighted by molar-refractivity contribution is -0.137. The molecule has 0 radical (unpaired) electrons. The van der Waals surface area contributed by atoms with Crippen molar-refractivity contribution in [2.75, 3.05) is 17.7 Å². The quantitative estimate of drug-likeness (QED) is 0.639. The van der Waals surface area contributed by atoms with Crippen molar-refractivity contribution in [1.29, 1.82) is 0 Å². The van der Waals surface area contributed by atoms with Gasteiger partial charge in [0.2, 0.25) is 0 Å². The molecule has 21 heavy (non-hydrogen) atoms. The molecule has 2 N–H and O–H groups in total. The molecule has 1 fully saturated rings. The van der Waals surface area contributed by atoms with Crippen LogP contribution in [0, 0.1) is 0 Å². The summed E-state index contributed by atoms with van der Waals surface area (Å²) in [6.07, 6.45) is -4.59. The van der Waals surface area contributed by atoms with E-state index >= 15 is 0 Å². The average molecular weight is 317 g/mol. The van der Waals surface area contributed by atoms with Gasteiger partial charge < -0.3 is 10.6 Å². The standard InChI is InChI=1S/C13H14F3N3OS/c1-12(2)10(20)19(11(21)18(12)3)7-4-5-9(17)8(6-7)13(14,15)16/h4-6H,17H2,1-3H3. The van der Waals surface area contributed by atoms with Crippen LogP contribution in [0.15, 0.2) is 18.2 Å². The molecule has 0 aliphatic carbocycles. The molecule has 8 heteroatoms. The number of anilines is 2. The number of alkyl halides is 3. The van der Waals surface area contributed by atoms with Crippen LogP contribution < -0.4 is 10.6 Å². The van der Waals surface area contributed by atoms with Crippen LogP contribution in [-0.2, 0) is 11.0 Å². The fraction of sp³-hybridized carbons (Fsp3) is 0.385. The van der Waals surface area contributed by atoms with E-state index in [1.54, 1.807) is 25.8 Å². The second-order valence-corrected chi connectivity index (χ2v) is 5.68. The fourth-order valence-corrected chi connectivity index (χ4v) is 2.47. The smallest absolute Gasteiger partial charge is 0.398 e. The highest BCUT2D eigenvalue weighted by Crippen LogP contribution is 2.38. The number of likely N-dealkylation sites (N-methyl/N-ethyl adjacent to an activating group) is 1. The zero-order valence-electron chi connectivity index (χ0n) is 11.7. The van der Waals surface area contributed by atoms with E-state index in [1.165, 1.54) is 6.07 Å². The van der Waals surface area contributed by atoms with Crippen LogP contribution in [-0.4, -0.2) is 28.5 Å². The lowest BCUT2D eigenvalue weighted by Gasteiger charge is -2.24. The van der Waals surface area contributed by atoms with Crippen molar-refractivity contribution in [3.05, 3.63) is 23.8 Å². The second kappa shape index (κ2) is 4.59. The fourth-order valence-electron chi connectivity index (χ4n) is 2.05. The second-order valence-electron chi connectivity index (χ2n) is 5.31. The minimum atomic E-state index is -4.59. The molecule has 1 aliphatic heterocycles. The highest BCUT2D eigenvalue weighted by molar-refractivity contribution is 7.80. The van der Waals surface area contributed by atoms with Gasteiger partial charge in [0.05, 0.1) is 11.3 Å². The van der Waals surface area contributed by atoms with Crippen LogP contribution in [0.3, 0.4) is 0 Å². The van der Waals surface area contributed by atoms with Gasteiger partial charge in [-0.05, 0) is 44.3 Å². The predicted molar refractivity (Wildman–Crippen MR) is 77.8 cm³/mol. The van der Waals surface area contributed by atoms with Gasteiger partial charge in [-0.25, -0.2) is 0 Å². The molecule has 0 saturated carbocycles. The van der Waals surface area contributed by atoms with Gasteiger partial charge in [0.25, 0.3) is 5.91 Å². The summed E-state index contributed by atoms with van der Waals surface area (Å²) < 4.78 is 38.7. The molecule has 0 aromatic heterocycles. The zero-order chi connectivity index (χ0) is 16.2. The largest absolute Gasteiger partial charge is 0.418 e. The Balaban J connectivity index is 2.54. The Kier molecular flexibility index (Phi) is 3.40. The van der Waals surface area contributed by atoms with E-state index < -0.39 is 23.0 Å². The summed E-state index contributed by atoms with van der Waals surface area (Å²) in [5.74, 6) is -0.382. The summed E-state index contributed by atoms with van der Waals surface area (Å²) in [7, 11) is 1.63. The summed E-state index contributed by atoms with van der Waals surface area (Å²) in [6.45, 7) is 3.31. The van der Waals surface area contributed by atoms with Crippen LogP contribution >= 0.6 is 12.2 Å². The highest BCUT2D eigenvalue weighted by Gasteiger charge is 2.48. The molecule has 1 saturated heterocycles. The van der Waals surface area contributed by atoms with Crippen LogP contribution in [0.25, 0.3) is 0 Å². The van der Waals surface area contributed by atoms with E-state index in [0.717, 1.165) is 17.0 Å². The predicted octanol–water partition coefficient (Wildman–Crippen LogP) is 2.63. The maximum absolute atomic E-state index is 12.9. The number of benzene rings is 1. The molecule has 114 valence electrons. The molecule has 1 amide bonds. The van der Waals surface area contributed by atoms with Crippen LogP contribution in [0.5, 0.6) is 0 Å². The van der Waals surface area contributed by atoms with E-state index in [4.69, 9.17) is 18.0 Å². The molecule has 0 atom stereocenters. The number of halogens is 3. The Hall–Kier alpha value is -1.83. The van der Waals surface area contributed by atoms with Crippen molar-refractivity contribution in [2.45, 2.75) is 25.6 Å². The van der Waals surface area contributed by atoms with Crippen molar-refractivity contribution in [1.82, 2.24) is 4.90 Å². The van der Waals surface area contributed by atoms with E-state index in [2.05, 4.69) is 0 Å². The van der Waals surface area contributed by atoms with Crippen molar-refractivity contribution < 1.29 is 18.0 Å². The first-order valence-corrected chi connectivity index (χ1v) is 6.48. The number of hydrogen-bond acceptors (Lipinski definition) is 3. The minimum absolute atomic E-state index is 0.0592. The summed E-state index contributed by atoms with van der Waals surface area (Å²) in [4.78, 5) is 15.0. The Morgan fingerprint density at radius 2 is 1.86 bits per heavy atom. The number of nitrogen functional groups attached to an aromatic ring is 1. The van der Waals surface area contributed by atoms with Crippen LogP contribution in [0.2, 0.25) is 0 Å². The summed E-state index contributed by atoms with van der Waals surface area (Å²) in [5.41, 5.74) is 3.14. The number of carbonyl (C=O) groups is 1. The van der Waals surface area contributed by atoms with Crippen molar-refractivity contribution in [3.63, 3.8) is 0 Å². The number of rotatable bonds is 1. The third-order valence-electron chi connectivity index (χ3n) is 3.64. The molecule has 0 spiro atoms. The van der Waals surface area contributed by atoms with Gasteiger partial charge in [0, 0.05) is 12.7 Å². The van der Waals surface area contributed by atoms with Crippen molar-refractivity contribution >= 4 is 34.6 Å². The molecule has 0 bridgehead atoms. The molecule has 1 aromatic carbocycles. The number of nitrogens with zero attached hydrogens (tertiary/aromatic N) is 2. The Bertz CT molecular complexity index is 628. The Morgan fingerprint density at radius 1 is 1.29 bits per heavy atom. The topological polar surface area (TPSA) is 49.6 Å². The van der Waals surface area contributed by atoms with Gasteiger partial charge in [0.1, 0.15) is 5.54 Å². The first-order chi connectivity index (χ1) is 9.48. The number of amides is 1.